The highest BCUT2D eigenvalue weighted by molar-refractivity contribution is 6.32. The van der Waals surface area contributed by atoms with Crippen LogP contribution < -0.4 is 10.1 Å². The second kappa shape index (κ2) is 8.13. The topological polar surface area (TPSA) is 82.3 Å². The number of nitrogens with zero attached hydrogens (tertiary/aromatic N) is 1. The largest absolute Gasteiger partial charge is 0.497 e. The molecule has 1 atom stereocenters. The Bertz CT molecular complexity index is 1030. The number of carbonyl (C=O) groups is 1. The number of rotatable bonds is 5. The number of carbonyl (C=O) groups excluding carboxylic acids is 1. The molecule has 0 aliphatic rings. The Balaban J connectivity index is 2.02. The molecule has 0 spiro atoms. The Hall–Kier alpha value is -3.33. The van der Waals surface area contributed by atoms with Gasteiger partial charge in [-0.15, -0.1) is 0 Å². The van der Waals surface area contributed by atoms with Crippen molar-refractivity contribution >= 4 is 23.2 Å². The van der Waals surface area contributed by atoms with Gasteiger partial charge in [-0.05, 0) is 41.5 Å². The lowest BCUT2D eigenvalue weighted by atomic mass is 9.85. The first kappa shape index (κ1) is 19.4. The average molecular weight is 393 g/mol. The van der Waals surface area contributed by atoms with Gasteiger partial charge in [0.15, 0.2) is 5.60 Å². The summed E-state index contributed by atoms with van der Waals surface area (Å²) in [5.74, 6) is -0.0388. The molecule has 28 heavy (non-hydrogen) atoms. The molecule has 3 rings (SSSR count). The third kappa shape index (κ3) is 3.70. The minimum absolute atomic E-state index is 0.216. The maximum atomic E-state index is 13.2. The van der Waals surface area contributed by atoms with Gasteiger partial charge in [0.25, 0.3) is 5.91 Å². The summed E-state index contributed by atoms with van der Waals surface area (Å²) in [4.78, 5) is 13.2. The number of benzene rings is 3. The van der Waals surface area contributed by atoms with Crippen LogP contribution in [0.2, 0.25) is 5.02 Å². The van der Waals surface area contributed by atoms with E-state index < -0.39 is 11.5 Å². The summed E-state index contributed by atoms with van der Waals surface area (Å²) >= 11 is 6.04. The lowest BCUT2D eigenvalue weighted by Crippen LogP contribution is -2.41. The van der Waals surface area contributed by atoms with Crippen molar-refractivity contribution in [1.82, 2.24) is 0 Å². The highest BCUT2D eigenvalue weighted by Crippen LogP contribution is 2.32. The van der Waals surface area contributed by atoms with Crippen LogP contribution >= 0.6 is 11.6 Å². The lowest BCUT2D eigenvalue weighted by molar-refractivity contribution is -0.131. The first-order chi connectivity index (χ1) is 13.5. The summed E-state index contributed by atoms with van der Waals surface area (Å²) < 4.78 is 5.16. The van der Waals surface area contributed by atoms with Gasteiger partial charge >= 0.3 is 0 Å². The average Bonchev–Trinajstić information content (AvgIpc) is 2.74. The molecule has 0 saturated carbocycles. The zero-order chi connectivity index (χ0) is 20.1. The molecule has 2 N–H and O–H groups in total. The van der Waals surface area contributed by atoms with Gasteiger partial charge in [-0.1, -0.05) is 54.1 Å². The van der Waals surface area contributed by atoms with Gasteiger partial charge in [-0.2, -0.15) is 5.26 Å². The standard InChI is InChI=1S/C22H17ClN2O3/c1-28-19-11-8-17(9-12-19)22(27,16-5-3-2-4-6-16)21(26)25-18-10-7-15(14-24)20(23)13-18/h2-13,27H,1H3,(H,25,26). The number of ether oxygens (including phenoxy) is 1. The molecular formula is C22H17ClN2O3. The molecule has 1 amide bonds. The maximum absolute atomic E-state index is 13.2. The van der Waals surface area contributed by atoms with Crippen LogP contribution in [0, 0.1) is 11.3 Å². The summed E-state index contributed by atoms with van der Waals surface area (Å²) in [7, 11) is 1.54. The van der Waals surface area contributed by atoms with E-state index in [2.05, 4.69) is 5.32 Å². The van der Waals surface area contributed by atoms with Crippen molar-refractivity contribution in [2.75, 3.05) is 12.4 Å². The fourth-order valence-corrected chi connectivity index (χ4v) is 3.07. The molecule has 0 aliphatic heterocycles. The van der Waals surface area contributed by atoms with Gasteiger partial charge in [-0.25, -0.2) is 0 Å². The van der Waals surface area contributed by atoms with E-state index in [4.69, 9.17) is 21.6 Å². The van der Waals surface area contributed by atoms with Crippen molar-refractivity contribution in [3.05, 3.63) is 94.5 Å². The molecule has 0 bridgehead atoms. The van der Waals surface area contributed by atoms with E-state index in [1.54, 1.807) is 67.8 Å². The number of aliphatic hydroxyl groups is 1. The SMILES string of the molecule is COc1ccc(C(O)(C(=O)Nc2ccc(C#N)c(Cl)c2)c2ccccc2)cc1. The van der Waals surface area contributed by atoms with Gasteiger partial charge in [0.05, 0.1) is 17.7 Å². The molecule has 0 aromatic heterocycles. The normalized spacial score (nSPS) is 12.5. The monoisotopic (exact) mass is 392 g/mol. The van der Waals surface area contributed by atoms with E-state index in [1.165, 1.54) is 12.1 Å². The Morgan fingerprint density at radius 1 is 1.07 bits per heavy atom. The van der Waals surface area contributed by atoms with E-state index >= 15 is 0 Å². The van der Waals surface area contributed by atoms with E-state index in [9.17, 15) is 9.90 Å². The van der Waals surface area contributed by atoms with E-state index in [-0.39, 0.29) is 5.02 Å². The highest BCUT2D eigenvalue weighted by atomic mass is 35.5. The minimum atomic E-state index is -1.94. The van der Waals surface area contributed by atoms with Crippen molar-refractivity contribution in [2.45, 2.75) is 5.60 Å². The van der Waals surface area contributed by atoms with E-state index in [0.29, 0.717) is 28.1 Å². The molecular weight excluding hydrogens is 376 g/mol. The summed E-state index contributed by atoms with van der Waals surface area (Å²) in [5.41, 5.74) is -0.465. The predicted molar refractivity (Wildman–Crippen MR) is 107 cm³/mol. The number of anilines is 1. The molecule has 6 heteroatoms. The summed E-state index contributed by atoms with van der Waals surface area (Å²) in [6.45, 7) is 0. The highest BCUT2D eigenvalue weighted by Gasteiger charge is 2.40. The molecule has 0 fully saturated rings. The zero-order valence-corrected chi connectivity index (χ0v) is 15.8. The first-order valence-electron chi connectivity index (χ1n) is 8.42. The van der Waals surface area contributed by atoms with Crippen LogP contribution in [0.3, 0.4) is 0 Å². The van der Waals surface area contributed by atoms with Crippen molar-refractivity contribution in [3.63, 3.8) is 0 Å². The van der Waals surface area contributed by atoms with Crippen molar-refractivity contribution < 1.29 is 14.6 Å². The van der Waals surface area contributed by atoms with E-state index in [0.717, 1.165) is 0 Å². The van der Waals surface area contributed by atoms with Crippen LogP contribution in [0.5, 0.6) is 5.75 Å². The Morgan fingerprint density at radius 2 is 1.71 bits per heavy atom. The quantitative estimate of drug-likeness (QED) is 0.685. The molecule has 0 heterocycles. The number of methoxy groups -OCH3 is 1. The van der Waals surface area contributed by atoms with Crippen LogP contribution in [0.25, 0.3) is 0 Å². The van der Waals surface area contributed by atoms with Crippen LogP contribution in [0.4, 0.5) is 5.69 Å². The van der Waals surface area contributed by atoms with Crippen molar-refractivity contribution in [1.29, 1.82) is 5.26 Å². The summed E-state index contributed by atoms with van der Waals surface area (Å²) in [6.07, 6.45) is 0. The van der Waals surface area contributed by atoms with Crippen molar-refractivity contribution in [3.8, 4) is 11.8 Å². The van der Waals surface area contributed by atoms with E-state index in [1.807, 2.05) is 6.07 Å². The van der Waals surface area contributed by atoms with Gasteiger partial charge in [0.2, 0.25) is 0 Å². The minimum Gasteiger partial charge on any atom is -0.497 e. The van der Waals surface area contributed by atoms with Crippen LogP contribution in [0.15, 0.2) is 72.8 Å². The Labute approximate surface area is 167 Å². The number of amides is 1. The zero-order valence-electron chi connectivity index (χ0n) is 15.0. The first-order valence-corrected chi connectivity index (χ1v) is 8.80. The molecule has 0 saturated heterocycles. The fraction of sp³-hybridized carbons (Fsp3) is 0.0909. The molecule has 140 valence electrons. The van der Waals surface area contributed by atoms with Crippen LogP contribution in [0.1, 0.15) is 16.7 Å². The van der Waals surface area contributed by atoms with Gasteiger partial charge < -0.3 is 15.2 Å². The second-order valence-corrected chi connectivity index (χ2v) is 6.47. The molecule has 0 aliphatic carbocycles. The Kier molecular flexibility index (Phi) is 5.65. The number of nitrogens with one attached hydrogen (secondary N) is 1. The third-order valence-electron chi connectivity index (χ3n) is 4.38. The number of halogens is 1. The van der Waals surface area contributed by atoms with Crippen LogP contribution in [-0.2, 0) is 10.4 Å². The number of hydrogen-bond acceptors (Lipinski definition) is 4. The van der Waals surface area contributed by atoms with Crippen LogP contribution in [-0.4, -0.2) is 18.1 Å². The number of hydrogen-bond donors (Lipinski definition) is 2. The number of nitriles is 1. The smallest absolute Gasteiger partial charge is 0.265 e. The molecule has 1 unspecified atom stereocenters. The predicted octanol–water partition coefficient (Wildman–Crippen LogP) is 4.09. The lowest BCUT2D eigenvalue weighted by Gasteiger charge is -2.28. The summed E-state index contributed by atoms with van der Waals surface area (Å²) in [6, 6.07) is 21.8. The van der Waals surface area contributed by atoms with Gasteiger partial charge in [0.1, 0.15) is 11.8 Å². The fourth-order valence-electron chi connectivity index (χ4n) is 2.85. The molecule has 3 aromatic rings. The van der Waals surface area contributed by atoms with Gasteiger partial charge in [0, 0.05) is 5.69 Å². The third-order valence-corrected chi connectivity index (χ3v) is 4.69. The molecule has 3 aromatic carbocycles. The summed E-state index contributed by atoms with van der Waals surface area (Å²) in [5, 5.41) is 23.4. The second-order valence-electron chi connectivity index (χ2n) is 6.07. The van der Waals surface area contributed by atoms with Gasteiger partial charge in [-0.3, -0.25) is 4.79 Å². The Morgan fingerprint density at radius 3 is 2.29 bits per heavy atom. The molecule has 0 radical (unpaired) electrons. The van der Waals surface area contributed by atoms with Crippen molar-refractivity contribution in [2.24, 2.45) is 0 Å². The molecule has 5 nitrogen and oxygen atoms in total. The maximum Gasteiger partial charge on any atom is 0.265 e.